The van der Waals surface area contributed by atoms with Gasteiger partial charge in [0.1, 0.15) is 0 Å². The van der Waals surface area contributed by atoms with Crippen LogP contribution in [0.2, 0.25) is 0 Å². The van der Waals surface area contributed by atoms with Crippen LogP contribution in [0.4, 0.5) is 8.78 Å². The predicted molar refractivity (Wildman–Crippen MR) is 107 cm³/mol. The van der Waals surface area contributed by atoms with Crippen molar-refractivity contribution in [3.8, 4) is 0 Å². The van der Waals surface area contributed by atoms with E-state index in [1.165, 1.54) is 18.2 Å². The molecule has 0 radical (unpaired) electrons. The molecule has 0 aliphatic carbocycles. The third kappa shape index (κ3) is 5.66. The summed E-state index contributed by atoms with van der Waals surface area (Å²) in [7, 11) is 0. The Labute approximate surface area is 180 Å². The first-order valence-corrected chi connectivity index (χ1v) is 9.17. The van der Waals surface area contributed by atoms with Gasteiger partial charge in [0.2, 0.25) is 5.91 Å². The van der Waals surface area contributed by atoms with Gasteiger partial charge in [0.15, 0.2) is 11.6 Å². The predicted octanol–water partition coefficient (Wildman–Crippen LogP) is 2.86. The third-order valence-corrected chi connectivity index (χ3v) is 5.05. The number of carboxylic acid groups (broad SMARTS) is 1. The van der Waals surface area contributed by atoms with Crippen LogP contribution in [0, 0.1) is 11.6 Å². The van der Waals surface area contributed by atoms with Crippen LogP contribution in [0.1, 0.15) is 47.3 Å². The number of nitrogens with one attached hydrogen (secondary N) is 1. The van der Waals surface area contributed by atoms with Gasteiger partial charge in [-0.1, -0.05) is 18.2 Å². The molecule has 0 aromatic heterocycles. The number of benzene rings is 2. The summed E-state index contributed by atoms with van der Waals surface area (Å²) in [6, 6.07) is 9.54. The van der Waals surface area contributed by atoms with Crippen molar-refractivity contribution >= 4 is 30.7 Å². The van der Waals surface area contributed by atoms with Crippen molar-refractivity contribution in [3.05, 3.63) is 70.8 Å². The van der Waals surface area contributed by atoms with E-state index in [0.29, 0.717) is 25.1 Å². The molecule has 5 nitrogen and oxygen atoms in total. The van der Waals surface area contributed by atoms with Crippen LogP contribution in [-0.4, -0.2) is 53.3 Å². The molecule has 2 aromatic rings. The van der Waals surface area contributed by atoms with E-state index in [1.807, 2.05) is 11.8 Å². The second-order valence-corrected chi connectivity index (χ2v) is 7.03. The maximum absolute atomic E-state index is 13.4. The number of aromatic carboxylic acids is 1. The van der Waals surface area contributed by atoms with E-state index in [9.17, 15) is 18.4 Å². The van der Waals surface area contributed by atoms with Gasteiger partial charge in [0.25, 0.3) is 0 Å². The van der Waals surface area contributed by atoms with Crippen molar-refractivity contribution in [1.82, 2.24) is 10.2 Å². The van der Waals surface area contributed by atoms with E-state index >= 15 is 0 Å². The summed E-state index contributed by atoms with van der Waals surface area (Å²) < 4.78 is 26.5. The van der Waals surface area contributed by atoms with Crippen molar-refractivity contribution < 1.29 is 23.5 Å². The Hall–Kier alpha value is -2.20. The average molecular weight is 396 g/mol. The topological polar surface area (TPSA) is 69.6 Å². The number of carbonyl (C=O) groups excluding carboxylic acids is 1. The van der Waals surface area contributed by atoms with Crippen LogP contribution in [0.5, 0.6) is 0 Å². The van der Waals surface area contributed by atoms with Gasteiger partial charge in [-0.05, 0) is 61.7 Å². The first-order chi connectivity index (χ1) is 13.3. The van der Waals surface area contributed by atoms with Crippen molar-refractivity contribution in [1.29, 1.82) is 0 Å². The molecule has 2 atom stereocenters. The molecular weight excluding hydrogens is 373 g/mol. The minimum absolute atomic E-state index is 0. The zero-order valence-corrected chi connectivity index (χ0v) is 15.5. The van der Waals surface area contributed by atoms with Gasteiger partial charge in [-0.25, -0.2) is 13.6 Å². The molecule has 3 rings (SSSR count). The van der Waals surface area contributed by atoms with Crippen molar-refractivity contribution in [2.24, 2.45) is 0 Å². The maximum atomic E-state index is 13.4. The van der Waals surface area contributed by atoms with Crippen LogP contribution in [0.25, 0.3) is 0 Å². The molecule has 1 heterocycles. The standard InChI is InChI=1S/C21H22F2N2O3.Li.H/c1-13(15-5-7-16(8-6-15)21(27)28)24-20(26)19-3-2-10-25(19)12-14-4-9-17(22)18(23)11-14;;/h4-9,11,13,19H,2-3,10,12H2,1H3,(H,24,26)(H,27,28);;/t13-,19+;;/m0../s1. The number of rotatable bonds is 6. The normalized spacial score (nSPS) is 17.4. The number of hydrogen-bond donors (Lipinski definition) is 2. The Bertz CT molecular complexity index is 877. The number of hydrogen-bond acceptors (Lipinski definition) is 3. The van der Waals surface area contributed by atoms with Crippen molar-refractivity contribution in [2.45, 2.75) is 38.4 Å². The first-order valence-electron chi connectivity index (χ1n) is 9.17. The van der Waals surface area contributed by atoms with Gasteiger partial charge < -0.3 is 10.4 Å². The van der Waals surface area contributed by atoms with E-state index in [-0.39, 0.29) is 42.4 Å². The zero-order chi connectivity index (χ0) is 20.3. The number of carbonyl (C=O) groups is 2. The molecule has 1 fully saturated rings. The Morgan fingerprint density at radius 3 is 2.48 bits per heavy atom. The van der Waals surface area contributed by atoms with Crippen molar-refractivity contribution in [2.75, 3.05) is 6.54 Å². The molecule has 8 heteroatoms. The summed E-state index contributed by atoms with van der Waals surface area (Å²) in [4.78, 5) is 25.6. The molecule has 0 bridgehead atoms. The van der Waals surface area contributed by atoms with Crippen LogP contribution in [0.3, 0.4) is 0 Å². The summed E-state index contributed by atoms with van der Waals surface area (Å²) in [5, 5.41) is 11.9. The van der Waals surface area contributed by atoms with Gasteiger partial charge in [-0.15, -0.1) is 0 Å². The minimum atomic E-state index is -0.998. The molecule has 0 spiro atoms. The Kier molecular flexibility index (Phi) is 7.97. The van der Waals surface area contributed by atoms with Crippen LogP contribution < -0.4 is 5.32 Å². The second kappa shape index (κ2) is 10.0. The number of nitrogens with zero attached hydrogens (tertiary/aromatic N) is 1. The monoisotopic (exact) mass is 396 g/mol. The number of likely N-dealkylation sites (tertiary alicyclic amines) is 1. The second-order valence-electron chi connectivity index (χ2n) is 7.03. The molecule has 1 amide bonds. The molecule has 29 heavy (non-hydrogen) atoms. The van der Waals surface area contributed by atoms with E-state index in [0.717, 1.165) is 24.1 Å². The number of amides is 1. The molecular formula is C21H23F2LiN2O3. The molecule has 0 unspecified atom stereocenters. The van der Waals surface area contributed by atoms with E-state index in [1.54, 1.807) is 12.1 Å². The summed E-state index contributed by atoms with van der Waals surface area (Å²) in [6.45, 7) is 2.91. The fourth-order valence-electron chi connectivity index (χ4n) is 3.49. The molecule has 1 aliphatic heterocycles. The molecule has 2 N–H and O–H groups in total. The summed E-state index contributed by atoms with van der Waals surface area (Å²) in [6.07, 6.45) is 1.55. The van der Waals surface area contributed by atoms with Gasteiger partial charge in [0, 0.05) is 6.54 Å². The molecule has 1 aliphatic rings. The summed E-state index contributed by atoms with van der Waals surface area (Å²) in [5.41, 5.74) is 1.62. The van der Waals surface area contributed by atoms with Crippen LogP contribution in [-0.2, 0) is 11.3 Å². The Morgan fingerprint density at radius 1 is 1.17 bits per heavy atom. The zero-order valence-electron chi connectivity index (χ0n) is 15.5. The van der Waals surface area contributed by atoms with E-state index in [2.05, 4.69) is 5.32 Å². The first kappa shape index (κ1) is 23.1. The SMILES string of the molecule is C[C@H](NC(=O)[C@H]1CCCN1Cc1ccc(F)c(F)c1)c1ccc(C(=O)O)cc1.[LiH]. The fourth-order valence-corrected chi connectivity index (χ4v) is 3.49. The number of carboxylic acids is 1. The van der Waals surface area contributed by atoms with Crippen molar-refractivity contribution in [3.63, 3.8) is 0 Å². The third-order valence-electron chi connectivity index (χ3n) is 5.05. The molecule has 2 aromatic carbocycles. The van der Waals surface area contributed by atoms with Gasteiger partial charge >= 0.3 is 24.8 Å². The molecule has 1 saturated heterocycles. The summed E-state index contributed by atoms with van der Waals surface area (Å²) >= 11 is 0. The summed E-state index contributed by atoms with van der Waals surface area (Å²) in [5.74, 6) is -2.91. The number of halogens is 2. The van der Waals surface area contributed by atoms with Crippen LogP contribution >= 0.6 is 0 Å². The Morgan fingerprint density at radius 2 is 1.86 bits per heavy atom. The van der Waals surface area contributed by atoms with Gasteiger partial charge in [-0.3, -0.25) is 9.69 Å². The quantitative estimate of drug-likeness (QED) is 0.737. The van der Waals surface area contributed by atoms with Crippen LogP contribution in [0.15, 0.2) is 42.5 Å². The van der Waals surface area contributed by atoms with Gasteiger partial charge in [-0.2, -0.15) is 0 Å². The fraction of sp³-hybridized carbons (Fsp3) is 0.333. The average Bonchev–Trinajstić information content (AvgIpc) is 3.13. The molecule has 0 saturated carbocycles. The van der Waals surface area contributed by atoms with E-state index < -0.39 is 17.6 Å². The Balaban J connectivity index is 0.00000300. The van der Waals surface area contributed by atoms with Gasteiger partial charge in [0.05, 0.1) is 17.6 Å². The van der Waals surface area contributed by atoms with E-state index in [4.69, 9.17) is 5.11 Å². The molecule has 150 valence electrons.